The SMILES string of the molecule is O=C(CN1CCOCC1)Nc1ccc(NC(=O)c2cc(-c3ccco3)nc3ccccc23)cc1. The highest BCUT2D eigenvalue weighted by Gasteiger charge is 2.16. The van der Waals surface area contributed by atoms with Crippen molar-refractivity contribution < 1.29 is 18.7 Å². The number of morpholine rings is 1. The Morgan fingerprint density at radius 2 is 1.65 bits per heavy atom. The van der Waals surface area contributed by atoms with E-state index in [9.17, 15) is 9.59 Å². The third-order valence-electron chi connectivity index (χ3n) is 5.63. The number of pyridine rings is 1. The number of carbonyl (C=O) groups is 2. The lowest BCUT2D eigenvalue weighted by Gasteiger charge is -2.25. The average molecular weight is 457 g/mol. The molecule has 8 heteroatoms. The van der Waals surface area contributed by atoms with Gasteiger partial charge in [0.15, 0.2) is 5.76 Å². The maximum Gasteiger partial charge on any atom is 0.256 e. The maximum absolute atomic E-state index is 13.2. The number of nitrogens with zero attached hydrogens (tertiary/aromatic N) is 2. The van der Waals surface area contributed by atoms with E-state index in [1.807, 2.05) is 30.3 Å². The first-order valence-electron chi connectivity index (χ1n) is 11.1. The molecule has 5 rings (SSSR count). The summed E-state index contributed by atoms with van der Waals surface area (Å²) in [5.41, 5.74) is 3.09. The van der Waals surface area contributed by atoms with Gasteiger partial charge < -0.3 is 19.8 Å². The monoisotopic (exact) mass is 456 g/mol. The van der Waals surface area contributed by atoms with Crippen molar-refractivity contribution in [3.05, 3.63) is 78.6 Å². The van der Waals surface area contributed by atoms with E-state index in [0.717, 1.165) is 18.5 Å². The third-order valence-corrected chi connectivity index (χ3v) is 5.63. The first-order chi connectivity index (χ1) is 16.7. The summed E-state index contributed by atoms with van der Waals surface area (Å²) >= 11 is 0. The van der Waals surface area contributed by atoms with E-state index < -0.39 is 0 Å². The number of ether oxygens (including phenoxy) is 1. The van der Waals surface area contributed by atoms with Crippen LogP contribution in [0.5, 0.6) is 0 Å². The molecule has 0 atom stereocenters. The Balaban J connectivity index is 1.29. The molecule has 2 N–H and O–H groups in total. The molecular formula is C26H24N4O4. The number of rotatable bonds is 6. The fraction of sp³-hybridized carbons (Fsp3) is 0.192. The number of benzene rings is 2. The van der Waals surface area contributed by atoms with Crippen molar-refractivity contribution in [2.24, 2.45) is 0 Å². The molecule has 0 radical (unpaired) electrons. The zero-order chi connectivity index (χ0) is 23.3. The van der Waals surface area contributed by atoms with E-state index in [0.29, 0.717) is 53.7 Å². The highest BCUT2D eigenvalue weighted by atomic mass is 16.5. The standard InChI is InChI=1S/C26H24N4O4/c31-25(17-30-11-14-33-15-12-30)27-18-7-9-19(10-8-18)28-26(32)21-16-23(24-6-3-13-34-24)29-22-5-2-1-4-20(21)22/h1-10,13,16H,11-12,14-15,17H2,(H,27,31)(H,28,32). The van der Waals surface area contributed by atoms with Gasteiger partial charge in [0, 0.05) is 29.9 Å². The average Bonchev–Trinajstić information content (AvgIpc) is 3.40. The molecule has 1 aliphatic rings. The van der Waals surface area contributed by atoms with Gasteiger partial charge >= 0.3 is 0 Å². The van der Waals surface area contributed by atoms with Crippen LogP contribution in [0, 0.1) is 0 Å². The molecule has 0 saturated carbocycles. The first-order valence-corrected chi connectivity index (χ1v) is 11.1. The number of hydrogen-bond donors (Lipinski definition) is 2. The molecule has 2 aromatic carbocycles. The van der Waals surface area contributed by atoms with Gasteiger partial charge in [-0.1, -0.05) is 18.2 Å². The number of furan rings is 1. The molecule has 4 aromatic rings. The van der Waals surface area contributed by atoms with Gasteiger partial charge in [0.1, 0.15) is 5.69 Å². The molecule has 0 bridgehead atoms. The summed E-state index contributed by atoms with van der Waals surface area (Å²) in [6.07, 6.45) is 1.58. The lowest BCUT2D eigenvalue weighted by Crippen LogP contribution is -2.41. The number of nitrogens with one attached hydrogen (secondary N) is 2. The molecular weight excluding hydrogens is 432 g/mol. The van der Waals surface area contributed by atoms with Gasteiger partial charge in [0.2, 0.25) is 5.91 Å². The molecule has 172 valence electrons. The fourth-order valence-corrected chi connectivity index (χ4v) is 3.91. The molecule has 34 heavy (non-hydrogen) atoms. The van der Waals surface area contributed by atoms with E-state index in [1.165, 1.54) is 0 Å². The molecule has 1 saturated heterocycles. The Morgan fingerprint density at radius 3 is 2.38 bits per heavy atom. The number of anilines is 2. The topological polar surface area (TPSA) is 96.7 Å². The van der Waals surface area contributed by atoms with Crippen molar-refractivity contribution in [1.82, 2.24) is 9.88 Å². The molecule has 0 unspecified atom stereocenters. The van der Waals surface area contributed by atoms with Gasteiger partial charge in [-0.25, -0.2) is 4.98 Å². The van der Waals surface area contributed by atoms with Crippen LogP contribution in [0.2, 0.25) is 0 Å². The summed E-state index contributed by atoms with van der Waals surface area (Å²) in [4.78, 5) is 32.2. The van der Waals surface area contributed by atoms with Crippen LogP contribution in [0.4, 0.5) is 11.4 Å². The minimum Gasteiger partial charge on any atom is -0.463 e. The smallest absolute Gasteiger partial charge is 0.256 e. The van der Waals surface area contributed by atoms with Crippen molar-refractivity contribution in [2.75, 3.05) is 43.5 Å². The van der Waals surface area contributed by atoms with Gasteiger partial charge in [-0.15, -0.1) is 0 Å². The van der Waals surface area contributed by atoms with Gasteiger partial charge in [0.25, 0.3) is 5.91 Å². The van der Waals surface area contributed by atoms with Crippen LogP contribution in [0.1, 0.15) is 10.4 Å². The zero-order valence-electron chi connectivity index (χ0n) is 18.5. The molecule has 1 fully saturated rings. The summed E-state index contributed by atoms with van der Waals surface area (Å²) in [5, 5.41) is 6.58. The summed E-state index contributed by atoms with van der Waals surface area (Å²) in [7, 11) is 0. The number of fused-ring (bicyclic) bond motifs is 1. The first kappa shape index (κ1) is 21.8. The van der Waals surface area contributed by atoms with Gasteiger partial charge in [0.05, 0.1) is 37.1 Å². The van der Waals surface area contributed by atoms with Gasteiger partial charge in [-0.05, 0) is 48.5 Å². The predicted molar refractivity (Wildman–Crippen MR) is 130 cm³/mol. The quantitative estimate of drug-likeness (QED) is 0.455. The summed E-state index contributed by atoms with van der Waals surface area (Å²) in [6, 6.07) is 19.9. The van der Waals surface area contributed by atoms with E-state index in [2.05, 4.69) is 20.5 Å². The molecule has 0 spiro atoms. The minimum atomic E-state index is -0.254. The Bertz CT molecular complexity index is 1300. The van der Waals surface area contributed by atoms with Crippen LogP contribution in [0.3, 0.4) is 0 Å². The largest absolute Gasteiger partial charge is 0.463 e. The molecule has 2 amide bonds. The van der Waals surface area contributed by atoms with Crippen molar-refractivity contribution in [1.29, 1.82) is 0 Å². The lowest BCUT2D eigenvalue weighted by atomic mass is 10.1. The van der Waals surface area contributed by atoms with Crippen molar-refractivity contribution >= 4 is 34.1 Å². The molecule has 0 aliphatic carbocycles. The van der Waals surface area contributed by atoms with E-state index in [-0.39, 0.29) is 11.8 Å². The van der Waals surface area contributed by atoms with E-state index >= 15 is 0 Å². The summed E-state index contributed by atoms with van der Waals surface area (Å²) < 4.78 is 10.8. The highest BCUT2D eigenvalue weighted by molar-refractivity contribution is 6.13. The van der Waals surface area contributed by atoms with Crippen LogP contribution in [0.15, 0.2) is 77.4 Å². The van der Waals surface area contributed by atoms with Crippen LogP contribution in [0.25, 0.3) is 22.4 Å². The second-order valence-corrected chi connectivity index (χ2v) is 8.02. The van der Waals surface area contributed by atoms with Gasteiger partial charge in [-0.2, -0.15) is 0 Å². The van der Waals surface area contributed by atoms with Crippen LogP contribution >= 0.6 is 0 Å². The van der Waals surface area contributed by atoms with Crippen molar-refractivity contribution in [3.8, 4) is 11.5 Å². The number of aromatic nitrogens is 1. The second-order valence-electron chi connectivity index (χ2n) is 8.02. The Hall–Kier alpha value is -4.01. The molecule has 3 heterocycles. The number of carbonyl (C=O) groups excluding carboxylic acids is 2. The summed E-state index contributed by atoms with van der Waals surface area (Å²) in [5.74, 6) is 0.264. The third kappa shape index (κ3) is 4.98. The van der Waals surface area contributed by atoms with Crippen LogP contribution in [-0.2, 0) is 9.53 Å². The Labute approximate surface area is 196 Å². The molecule has 1 aliphatic heterocycles. The second kappa shape index (κ2) is 9.86. The van der Waals surface area contributed by atoms with E-state index in [4.69, 9.17) is 9.15 Å². The minimum absolute atomic E-state index is 0.0765. The van der Waals surface area contributed by atoms with Gasteiger partial charge in [-0.3, -0.25) is 14.5 Å². The lowest BCUT2D eigenvalue weighted by molar-refractivity contribution is -0.118. The maximum atomic E-state index is 13.2. The Kier molecular flexibility index (Phi) is 6.33. The van der Waals surface area contributed by atoms with Crippen LogP contribution < -0.4 is 10.6 Å². The van der Waals surface area contributed by atoms with E-state index in [1.54, 1.807) is 42.7 Å². The number of amides is 2. The fourth-order valence-electron chi connectivity index (χ4n) is 3.91. The molecule has 2 aromatic heterocycles. The summed E-state index contributed by atoms with van der Waals surface area (Å²) in [6.45, 7) is 3.14. The zero-order valence-corrected chi connectivity index (χ0v) is 18.5. The normalized spacial score (nSPS) is 14.1. The molecule has 8 nitrogen and oxygen atoms in total. The van der Waals surface area contributed by atoms with Crippen LogP contribution in [-0.4, -0.2) is 54.5 Å². The predicted octanol–water partition coefficient (Wildman–Crippen LogP) is 4.02. The van der Waals surface area contributed by atoms with Crippen molar-refractivity contribution in [3.63, 3.8) is 0 Å². The highest BCUT2D eigenvalue weighted by Crippen LogP contribution is 2.26. The number of para-hydroxylation sites is 1. The van der Waals surface area contributed by atoms with Crippen molar-refractivity contribution in [2.45, 2.75) is 0 Å². The Morgan fingerprint density at radius 1 is 0.912 bits per heavy atom. The number of hydrogen-bond acceptors (Lipinski definition) is 6.